The number of rotatable bonds is 8. The van der Waals surface area contributed by atoms with Crippen LogP contribution in [0.15, 0.2) is 24.3 Å². The maximum absolute atomic E-state index is 6.07. The topological polar surface area (TPSA) is 54.7 Å². The monoisotopic (exact) mass is 305 g/mol. The molecule has 0 saturated carbocycles. The molecule has 0 atom stereocenters. The fraction of sp³-hybridized carbons (Fsp3) is 0.471. The van der Waals surface area contributed by atoms with Gasteiger partial charge < -0.3 is 5.73 Å². The number of hydrogen-bond donors (Lipinski definition) is 2. The highest BCUT2D eigenvalue weighted by Gasteiger charge is 2.12. The molecular formula is C17H24ClN3. The van der Waals surface area contributed by atoms with Crippen molar-refractivity contribution in [1.29, 1.82) is 0 Å². The molecule has 0 amide bonds. The van der Waals surface area contributed by atoms with E-state index in [9.17, 15) is 0 Å². The van der Waals surface area contributed by atoms with Crippen molar-refractivity contribution < 1.29 is 0 Å². The number of halogens is 1. The number of anilines is 1. The lowest BCUT2D eigenvalue weighted by atomic mass is 10.0. The molecule has 3 N–H and O–H groups in total. The minimum atomic E-state index is 0.554. The van der Waals surface area contributed by atoms with E-state index in [-0.39, 0.29) is 0 Å². The Balaban J connectivity index is 1.98. The molecule has 1 heterocycles. The Labute approximate surface area is 131 Å². The largest absolute Gasteiger partial charge is 0.382 e. The van der Waals surface area contributed by atoms with E-state index in [0.717, 1.165) is 28.3 Å². The number of nitrogens with zero attached hydrogens (tertiary/aromatic N) is 1. The van der Waals surface area contributed by atoms with Gasteiger partial charge in [-0.3, -0.25) is 5.10 Å². The Morgan fingerprint density at radius 3 is 2.67 bits per heavy atom. The molecule has 0 unspecified atom stereocenters. The van der Waals surface area contributed by atoms with Crippen LogP contribution in [0.4, 0.5) is 5.82 Å². The van der Waals surface area contributed by atoms with Crippen LogP contribution in [0.3, 0.4) is 0 Å². The van der Waals surface area contributed by atoms with Gasteiger partial charge in [0.2, 0.25) is 0 Å². The first-order valence-electron chi connectivity index (χ1n) is 7.81. The van der Waals surface area contributed by atoms with Crippen LogP contribution in [-0.2, 0) is 6.42 Å². The summed E-state index contributed by atoms with van der Waals surface area (Å²) in [4.78, 5) is 0. The lowest BCUT2D eigenvalue weighted by molar-refractivity contribution is 0.604. The molecule has 4 heteroatoms. The first-order chi connectivity index (χ1) is 10.2. The number of benzene rings is 1. The Morgan fingerprint density at radius 1 is 1.14 bits per heavy atom. The minimum Gasteiger partial charge on any atom is -0.382 e. The summed E-state index contributed by atoms with van der Waals surface area (Å²) in [6.07, 6.45) is 8.68. The van der Waals surface area contributed by atoms with Crippen LogP contribution in [-0.4, -0.2) is 10.2 Å². The number of nitrogen functional groups attached to an aromatic ring is 1. The molecule has 3 nitrogen and oxygen atoms in total. The fourth-order valence-electron chi connectivity index (χ4n) is 2.62. The predicted octanol–water partition coefficient (Wildman–Crippen LogP) is 5.22. The zero-order valence-corrected chi connectivity index (χ0v) is 13.4. The summed E-state index contributed by atoms with van der Waals surface area (Å²) in [7, 11) is 0. The summed E-state index contributed by atoms with van der Waals surface area (Å²) in [5.74, 6) is 0.554. The fourth-order valence-corrected chi connectivity index (χ4v) is 2.81. The standard InChI is InChI=1S/C17H24ClN3/c1-2-3-4-5-6-7-11-15-16(17(19)21-20-15)13-9-8-10-14(18)12-13/h8-10,12H,2-7,11H2,1H3,(H3,19,20,21). The van der Waals surface area contributed by atoms with Crippen molar-refractivity contribution in [2.75, 3.05) is 5.73 Å². The molecule has 0 aliphatic carbocycles. The third-order valence-electron chi connectivity index (χ3n) is 3.76. The van der Waals surface area contributed by atoms with Crippen molar-refractivity contribution >= 4 is 17.4 Å². The van der Waals surface area contributed by atoms with Gasteiger partial charge in [-0.2, -0.15) is 5.10 Å². The summed E-state index contributed by atoms with van der Waals surface area (Å²) < 4.78 is 0. The number of H-pyrrole nitrogens is 1. The number of aryl methyl sites for hydroxylation is 1. The van der Waals surface area contributed by atoms with Crippen molar-refractivity contribution in [2.24, 2.45) is 0 Å². The molecule has 0 radical (unpaired) electrons. The molecule has 2 aromatic rings. The molecule has 21 heavy (non-hydrogen) atoms. The van der Waals surface area contributed by atoms with Crippen LogP contribution < -0.4 is 5.73 Å². The van der Waals surface area contributed by atoms with Crippen LogP contribution in [0.25, 0.3) is 11.1 Å². The van der Waals surface area contributed by atoms with E-state index in [1.54, 1.807) is 0 Å². The Hall–Kier alpha value is -1.48. The molecule has 0 saturated heterocycles. The van der Waals surface area contributed by atoms with Crippen molar-refractivity contribution in [3.8, 4) is 11.1 Å². The molecule has 0 fully saturated rings. The summed E-state index contributed by atoms with van der Waals surface area (Å²) >= 11 is 6.07. The van der Waals surface area contributed by atoms with Crippen LogP contribution >= 0.6 is 11.6 Å². The maximum Gasteiger partial charge on any atom is 0.153 e. The number of hydrogen-bond acceptors (Lipinski definition) is 2. The Kier molecular flexibility index (Phi) is 6.12. The highest BCUT2D eigenvalue weighted by molar-refractivity contribution is 6.30. The van der Waals surface area contributed by atoms with E-state index >= 15 is 0 Å². The lowest BCUT2D eigenvalue weighted by Gasteiger charge is -2.05. The lowest BCUT2D eigenvalue weighted by Crippen LogP contribution is -1.92. The highest BCUT2D eigenvalue weighted by Crippen LogP contribution is 2.30. The molecular weight excluding hydrogens is 282 g/mol. The first-order valence-corrected chi connectivity index (χ1v) is 8.18. The molecule has 1 aromatic heterocycles. The van der Waals surface area contributed by atoms with Crippen LogP contribution in [0.2, 0.25) is 5.02 Å². The van der Waals surface area contributed by atoms with Gasteiger partial charge in [0.05, 0.1) is 0 Å². The quantitative estimate of drug-likeness (QED) is 0.657. The third-order valence-corrected chi connectivity index (χ3v) is 4.00. The van der Waals surface area contributed by atoms with Crippen molar-refractivity contribution in [1.82, 2.24) is 10.2 Å². The average molecular weight is 306 g/mol. The number of nitrogens with one attached hydrogen (secondary N) is 1. The molecule has 0 bridgehead atoms. The van der Waals surface area contributed by atoms with Gasteiger partial charge in [-0.1, -0.05) is 62.8 Å². The molecule has 1 aromatic carbocycles. The minimum absolute atomic E-state index is 0.554. The maximum atomic E-state index is 6.07. The summed E-state index contributed by atoms with van der Waals surface area (Å²) in [5.41, 5.74) is 9.17. The van der Waals surface area contributed by atoms with Gasteiger partial charge in [-0.25, -0.2) is 0 Å². The van der Waals surface area contributed by atoms with Gasteiger partial charge in [-0.15, -0.1) is 0 Å². The zero-order valence-electron chi connectivity index (χ0n) is 12.7. The van der Waals surface area contributed by atoms with Gasteiger partial charge in [0.25, 0.3) is 0 Å². The summed E-state index contributed by atoms with van der Waals surface area (Å²) in [5, 5.41) is 7.96. The SMILES string of the molecule is CCCCCCCCc1[nH]nc(N)c1-c1cccc(Cl)c1. The number of aromatic amines is 1. The van der Waals surface area contributed by atoms with Crippen molar-refractivity contribution in [3.63, 3.8) is 0 Å². The normalized spacial score (nSPS) is 11.0. The van der Waals surface area contributed by atoms with E-state index in [4.69, 9.17) is 17.3 Å². The molecule has 0 spiro atoms. The Bertz CT molecular complexity index is 563. The summed E-state index contributed by atoms with van der Waals surface area (Å²) in [6, 6.07) is 7.78. The number of nitrogens with two attached hydrogens (primary N) is 1. The van der Waals surface area contributed by atoms with Gasteiger partial charge in [-0.05, 0) is 30.5 Å². The second-order valence-electron chi connectivity index (χ2n) is 5.49. The molecule has 114 valence electrons. The molecule has 0 aliphatic rings. The van der Waals surface area contributed by atoms with Gasteiger partial charge in [0.15, 0.2) is 5.82 Å². The molecule has 0 aliphatic heterocycles. The zero-order chi connectivity index (χ0) is 15.1. The predicted molar refractivity (Wildman–Crippen MR) is 90.5 cm³/mol. The van der Waals surface area contributed by atoms with Gasteiger partial charge >= 0.3 is 0 Å². The Morgan fingerprint density at radius 2 is 1.90 bits per heavy atom. The van der Waals surface area contributed by atoms with Crippen LogP contribution in [0, 0.1) is 0 Å². The van der Waals surface area contributed by atoms with E-state index in [2.05, 4.69) is 17.1 Å². The van der Waals surface area contributed by atoms with Crippen LogP contribution in [0.1, 0.15) is 51.1 Å². The van der Waals surface area contributed by atoms with E-state index in [0.29, 0.717) is 5.82 Å². The second-order valence-corrected chi connectivity index (χ2v) is 5.93. The van der Waals surface area contributed by atoms with E-state index < -0.39 is 0 Å². The number of aromatic nitrogens is 2. The van der Waals surface area contributed by atoms with E-state index in [1.165, 1.54) is 38.5 Å². The molecule has 2 rings (SSSR count). The van der Waals surface area contributed by atoms with Crippen molar-refractivity contribution in [2.45, 2.75) is 51.9 Å². The van der Waals surface area contributed by atoms with Gasteiger partial charge in [0.1, 0.15) is 0 Å². The second kappa shape index (κ2) is 8.08. The average Bonchev–Trinajstić information content (AvgIpc) is 2.84. The van der Waals surface area contributed by atoms with Crippen molar-refractivity contribution in [3.05, 3.63) is 35.0 Å². The highest BCUT2D eigenvalue weighted by atomic mass is 35.5. The summed E-state index contributed by atoms with van der Waals surface area (Å²) in [6.45, 7) is 2.24. The third kappa shape index (κ3) is 4.50. The van der Waals surface area contributed by atoms with Crippen LogP contribution in [0.5, 0.6) is 0 Å². The van der Waals surface area contributed by atoms with E-state index in [1.807, 2.05) is 24.3 Å². The first kappa shape index (κ1) is 15.9. The smallest absolute Gasteiger partial charge is 0.153 e. The van der Waals surface area contributed by atoms with Gasteiger partial charge in [0, 0.05) is 16.3 Å². The number of unbranched alkanes of at least 4 members (excludes halogenated alkanes) is 5.